The van der Waals surface area contributed by atoms with Crippen LogP contribution in [0.3, 0.4) is 0 Å². The topological polar surface area (TPSA) is 118 Å². The van der Waals surface area contributed by atoms with Crippen LogP contribution in [0, 0.1) is 85.8 Å². The van der Waals surface area contributed by atoms with Crippen molar-refractivity contribution in [3.8, 4) is 0 Å². The van der Waals surface area contributed by atoms with E-state index >= 15 is 0 Å². The zero-order valence-corrected chi connectivity index (χ0v) is 54.3. The molecule has 0 aromatic heterocycles. The molecule has 6 saturated carbocycles. The van der Waals surface area contributed by atoms with E-state index in [1.807, 2.05) is 19.9 Å². The van der Waals surface area contributed by atoms with Gasteiger partial charge in [0, 0.05) is 13.2 Å². The molecule has 456 valence electrons. The fraction of sp³-hybridized carbons (Fsp3) is 0.773. The van der Waals surface area contributed by atoms with Crippen molar-refractivity contribution in [1.82, 2.24) is 0 Å². The molecule has 0 heterocycles. The van der Waals surface area contributed by atoms with Gasteiger partial charge >= 0.3 is 5.97 Å². The Hall–Kier alpha value is -2.77. The molecule has 4 unspecified atom stereocenters. The second-order valence-corrected chi connectivity index (χ2v) is 31.9. The molecule has 0 spiro atoms. The third-order valence-electron chi connectivity index (χ3n) is 25.6. The largest absolute Gasteiger partial charge is 0.481 e. The number of allylic oxidation sites excluding steroid dienone is 7. The zero-order valence-electron chi connectivity index (χ0n) is 54.3. The predicted octanol–water partition coefficient (Wildman–Crippen LogP) is 18.3. The highest BCUT2D eigenvalue weighted by Gasteiger charge is 2.59. The van der Waals surface area contributed by atoms with E-state index in [-0.39, 0.29) is 45.0 Å². The first-order chi connectivity index (χ1) is 37.9. The molecule has 81 heavy (non-hydrogen) atoms. The number of aliphatic hydroxyl groups excluding tert-OH is 3. The van der Waals surface area contributed by atoms with Crippen LogP contribution in [0.5, 0.6) is 0 Å². The molecule has 0 amide bonds. The van der Waals surface area contributed by atoms with Crippen molar-refractivity contribution in [3.63, 3.8) is 0 Å². The molecule has 16 atom stereocenters. The average Bonchev–Trinajstić information content (AvgIpc) is 3.47. The number of aliphatic carboxylic acids is 1. The second kappa shape index (κ2) is 25.7. The Bertz CT molecular complexity index is 2460. The van der Waals surface area contributed by atoms with Gasteiger partial charge in [-0.1, -0.05) is 160 Å². The number of fused-ring (bicyclic) bond motifs is 8. The lowest BCUT2D eigenvalue weighted by Gasteiger charge is -2.58. The van der Waals surface area contributed by atoms with Crippen molar-refractivity contribution in [2.24, 2.45) is 85.8 Å². The Kier molecular flexibility index (Phi) is 20.8. The van der Waals surface area contributed by atoms with Gasteiger partial charge in [0.15, 0.2) is 0 Å². The summed E-state index contributed by atoms with van der Waals surface area (Å²) in [7, 11) is 0. The van der Waals surface area contributed by atoms with Crippen molar-refractivity contribution in [2.75, 3.05) is 19.8 Å². The van der Waals surface area contributed by atoms with Gasteiger partial charge in [-0.3, -0.25) is 4.79 Å². The van der Waals surface area contributed by atoms with Crippen LogP contribution in [-0.2, 0) is 16.6 Å². The number of aliphatic hydroxyl groups is 4. The fourth-order valence-corrected chi connectivity index (χ4v) is 20.4. The number of benzene rings is 1. The van der Waals surface area contributed by atoms with Crippen LogP contribution in [0.15, 0.2) is 78.0 Å². The van der Waals surface area contributed by atoms with Crippen LogP contribution < -0.4 is 0 Å². The summed E-state index contributed by atoms with van der Waals surface area (Å²) in [6, 6.07) is 7.19. The molecular formula is C75H120O6. The molecule has 1 aromatic carbocycles. The molecule has 1 aromatic rings. The summed E-state index contributed by atoms with van der Waals surface area (Å²) < 4.78 is 0. The number of rotatable bonds is 10. The second-order valence-electron chi connectivity index (χ2n) is 31.9. The summed E-state index contributed by atoms with van der Waals surface area (Å²) >= 11 is 0. The number of hydrogen-bond donors (Lipinski definition) is 5. The first-order valence-corrected chi connectivity index (χ1v) is 33.2. The maximum Gasteiger partial charge on any atom is 0.309 e. The SMILES string of the molecule is C=C1CCC2[C@](C)(CO)CCC[C@]2(C)[C@H]1CC/C(C)=C\CO.C=C[C@@]1(C)CCC2C(=CCC3[C@]2(C)CCC[C@@]3(C)C(=O)O)C1.CC(C)c1ccc2c(c1)CCC1[C@](C)(CO)CCC[C@]21C.CC1=CC[C@@H](C(C)C)[C@@H]2C[C@@](C)(O)CC[C@@H]12. The molecular weight excluding hydrogens is 997 g/mol. The van der Waals surface area contributed by atoms with Crippen molar-refractivity contribution in [1.29, 1.82) is 0 Å². The number of hydrogen-bond acceptors (Lipinski definition) is 5. The summed E-state index contributed by atoms with van der Waals surface area (Å²) in [6.07, 6.45) is 35.1. The third kappa shape index (κ3) is 13.3. The lowest BCUT2D eigenvalue weighted by atomic mass is 9.45. The zero-order chi connectivity index (χ0) is 59.7. The maximum atomic E-state index is 11.9. The van der Waals surface area contributed by atoms with Crippen molar-refractivity contribution < 1.29 is 30.3 Å². The Labute approximate surface area is 495 Å². The smallest absolute Gasteiger partial charge is 0.309 e. The van der Waals surface area contributed by atoms with Crippen LogP contribution >= 0.6 is 0 Å². The van der Waals surface area contributed by atoms with E-state index in [1.54, 1.807) is 22.3 Å². The van der Waals surface area contributed by atoms with Crippen LogP contribution in [0.4, 0.5) is 0 Å². The van der Waals surface area contributed by atoms with Crippen molar-refractivity contribution in [2.45, 2.75) is 262 Å². The van der Waals surface area contributed by atoms with Crippen LogP contribution in [0.2, 0.25) is 0 Å². The van der Waals surface area contributed by atoms with E-state index in [9.17, 15) is 25.2 Å². The number of carboxylic acid groups (broad SMARTS) is 1. The number of aryl methyl sites for hydroxylation is 1. The lowest BCUT2D eigenvalue weighted by molar-refractivity contribution is -0.163. The monoisotopic (exact) mass is 1120 g/mol. The van der Waals surface area contributed by atoms with Crippen molar-refractivity contribution >= 4 is 5.97 Å². The third-order valence-corrected chi connectivity index (χ3v) is 25.6. The molecule has 0 bridgehead atoms. The van der Waals surface area contributed by atoms with Crippen LogP contribution in [0.1, 0.15) is 261 Å². The Morgan fingerprint density at radius 2 is 1.40 bits per heavy atom. The highest BCUT2D eigenvalue weighted by Crippen LogP contribution is 2.65. The quantitative estimate of drug-likeness (QED) is 0.149. The Morgan fingerprint density at radius 1 is 0.753 bits per heavy atom. The van der Waals surface area contributed by atoms with Gasteiger partial charge in [-0.2, -0.15) is 0 Å². The molecule has 9 aliphatic carbocycles. The van der Waals surface area contributed by atoms with E-state index < -0.39 is 17.0 Å². The first-order valence-electron chi connectivity index (χ1n) is 33.2. The maximum absolute atomic E-state index is 11.9. The minimum absolute atomic E-state index is 0.0853. The first kappa shape index (κ1) is 65.8. The molecule has 5 N–H and O–H groups in total. The van der Waals surface area contributed by atoms with Crippen LogP contribution in [-0.4, -0.2) is 56.9 Å². The van der Waals surface area contributed by atoms with E-state index in [2.05, 4.69) is 133 Å². The van der Waals surface area contributed by atoms with Gasteiger partial charge in [0.05, 0.1) is 17.6 Å². The molecule has 9 aliphatic rings. The Morgan fingerprint density at radius 3 is 2.02 bits per heavy atom. The predicted molar refractivity (Wildman–Crippen MR) is 339 cm³/mol. The van der Waals surface area contributed by atoms with E-state index in [1.165, 1.54) is 100 Å². The summed E-state index contributed by atoms with van der Waals surface area (Å²) in [5.74, 6) is 5.66. The van der Waals surface area contributed by atoms with E-state index in [0.717, 1.165) is 82.0 Å². The van der Waals surface area contributed by atoms with Gasteiger partial charge < -0.3 is 25.5 Å². The lowest BCUT2D eigenvalue weighted by Crippen LogP contribution is -2.53. The average molecular weight is 1120 g/mol. The fourth-order valence-electron chi connectivity index (χ4n) is 20.4. The molecule has 10 rings (SSSR count). The number of carbonyl (C=O) groups is 1. The highest BCUT2D eigenvalue weighted by molar-refractivity contribution is 5.75. The molecule has 0 saturated heterocycles. The normalized spacial score (nSPS) is 41.7. The molecule has 6 fully saturated rings. The van der Waals surface area contributed by atoms with Gasteiger partial charge in [0.2, 0.25) is 0 Å². The molecule has 0 aliphatic heterocycles. The molecule has 6 heteroatoms. The summed E-state index contributed by atoms with van der Waals surface area (Å²) in [6.45, 7) is 41.1. The summed E-state index contributed by atoms with van der Waals surface area (Å²) in [4.78, 5) is 11.9. The van der Waals surface area contributed by atoms with Gasteiger partial charge in [-0.05, 0) is 264 Å². The van der Waals surface area contributed by atoms with Gasteiger partial charge in [0.1, 0.15) is 0 Å². The molecule has 0 radical (unpaired) electrons. The summed E-state index contributed by atoms with van der Waals surface area (Å²) in [5.41, 5.74) is 10.7. The van der Waals surface area contributed by atoms with Gasteiger partial charge in [0.25, 0.3) is 0 Å². The molecule has 6 nitrogen and oxygen atoms in total. The number of carboxylic acids is 1. The van der Waals surface area contributed by atoms with Crippen LogP contribution in [0.25, 0.3) is 0 Å². The van der Waals surface area contributed by atoms with Gasteiger partial charge in [-0.25, -0.2) is 0 Å². The van der Waals surface area contributed by atoms with Crippen molar-refractivity contribution in [3.05, 3.63) is 94.6 Å². The Balaban J connectivity index is 0.000000157. The van der Waals surface area contributed by atoms with E-state index in [0.29, 0.717) is 48.7 Å². The summed E-state index contributed by atoms with van der Waals surface area (Å²) in [5, 5.41) is 49.1. The standard InChI is InChI=1S/C20H30O2.C20H34O2.C20H30O.C15H26O/c1-5-18(2)12-9-15-14(13-18)7-8-16-19(15,3)10-6-11-20(16,4)17(21)22;1-15(10-13-21)6-8-17-16(2)7-9-18-19(3,14-22)11-5-12-20(17,18)4;1-14(2)15-6-8-17-16(12-15)7-9-18-19(3,13-21)10-5-11-20(17,18)4;1-10(2)12-6-5-11(3)13-7-8-15(4,16)9-14(12)13/h5,7,15-16H,1,6,8-13H2,2-4H3,(H,21,22);10,17-18,21-22H,2,5-9,11-14H2,1,3-4H3;6,8,12,14,18,21H,5,7,9-11,13H2,1-4H3;5,10,12-14,16H,6-9H2,1-4H3/b;15-10-;;/t15?,16?,18-,19+,20+;17-,18?,19-,20+;18?,19-,20+;12-,13-,14-,15-/m0000/s1. The van der Waals surface area contributed by atoms with Gasteiger partial charge in [-0.15, -0.1) is 6.58 Å². The highest BCUT2D eigenvalue weighted by atomic mass is 16.4. The van der Waals surface area contributed by atoms with E-state index in [4.69, 9.17) is 5.11 Å². The minimum Gasteiger partial charge on any atom is -0.481 e. The minimum atomic E-state index is -0.591.